The number of carboxylic acid groups (broad SMARTS) is 1. The van der Waals surface area contributed by atoms with Gasteiger partial charge in [-0.1, -0.05) is 18.2 Å². The van der Waals surface area contributed by atoms with E-state index in [1.54, 1.807) is 12.1 Å². The summed E-state index contributed by atoms with van der Waals surface area (Å²) in [6.45, 7) is 1.93. The number of nitrogens with two attached hydrogens (primary N) is 1. The summed E-state index contributed by atoms with van der Waals surface area (Å²) in [7, 11) is 1.92. The SMILES string of the molecule is Cc1c(N)c(=Nc2ccc(C(=O)O)cc2)n(-c2ccccc2)n1C. The number of carboxylic acids is 1. The van der Waals surface area contributed by atoms with E-state index < -0.39 is 5.97 Å². The molecule has 3 N–H and O–H groups in total. The average molecular weight is 322 g/mol. The highest BCUT2D eigenvalue weighted by molar-refractivity contribution is 5.87. The van der Waals surface area contributed by atoms with E-state index >= 15 is 0 Å². The molecule has 3 rings (SSSR count). The number of aromatic nitrogens is 2. The molecule has 0 radical (unpaired) electrons. The minimum absolute atomic E-state index is 0.224. The number of nitrogen functional groups attached to an aromatic ring is 1. The van der Waals surface area contributed by atoms with Crippen molar-refractivity contribution in [1.82, 2.24) is 9.36 Å². The van der Waals surface area contributed by atoms with Crippen molar-refractivity contribution >= 4 is 17.3 Å². The van der Waals surface area contributed by atoms with Gasteiger partial charge in [-0.15, -0.1) is 0 Å². The minimum Gasteiger partial charge on any atom is -0.478 e. The van der Waals surface area contributed by atoms with Crippen LogP contribution in [0.3, 0.4) is 0 Å². The molecule has 2 aromatic carbocycles. The van der Waals surface area contributed by atoms with Crippen molar-refractivity contribution in [2.75, 3.05) is 5.73 Å². The van der Waals surface area contributed by atoms with Crippen molar-refractivity contribution in [2.24, 2.45) is 12.0 Å². The summed E-state index contributed by atoms with van der Waals surface area (Å²) in [5.41, 5.74) is 10.2. The molecule has 0 unspecified atom stereocenters. The Morgan fingerprint density at radius 2 is 1.71 bits per heavy atom. The van der Waals surface area contributed by atoms with Gasteiger partial charge in [0, 0.05) is 7.05 Å². The number of anilines is 1. The van der Waals surface area contributed by atoms with E-state index in [0.29, 0.717) is 16.9 Å². The second-order valence-corrected chi connectivity index (χ2v) is 5.46. The van der Waals surface area contributed by atoms with Gasteiger partial charge in [-0.2, -0.15) is 0 Å². The predicted octanol–water partition coefficient (Wildman–Crippen LogP) is 2.64. The molecule has 1 aromatic heterocycles. The van der Waals surface area contributed by atoms with E-state index in [9.17, 15) is 4.79 Å². The number of rotatable bonds is 3. The van der Waals surface area contributed by atoms with Crippen LogP contribution in [0.15, 0.2) is 59.6 Å². The van der Waals surface area contributed by atoms with Crippen LogP contribution in [0.25, 0.3) is 5.69 Å². The van der Waals surface area contributed by atoms with Crippen LogP contribution < -0.4 is 11.2 Å². The van der Waals surface area contributed by atoms with E-state index in [-0.39, 0.29) is 5.56 Å². The number of hydrogen-bond acceptors (Lipinski definition) is 3. The van der Waals surface area contributed by atoms with Gasteiger partial charge in [0.05, 0.1) is 28.3 Å². The van der Waals surface area contributed by atoms with Gasteiger partial charge >= 0.3 is 5.97 Å². The van der Waals surface area contributed by atoms with Crippen molar-refractivity contribution < 1.29 is 9.90 Å². The van der Waals surface area contributed by atoms with Crippen LogP contribution in [0.1, 0.15) is 16.1 Å². The molecule has 0 saturated carbocycles. The Morgan fingerprint density at radius 3 is 2.29 bits per heavy atom. The van der Waals surface area contributed by atoms with Crippen molar-refractivity contribution in [3.05, 3.63) is 71.3 Å². The minimum atomic E-state index is -0.962. The van der Waals surface area contributed by atoms with Crippen LogP contribution in [0, 0.1) is 6.92 Å². The second-order valence-electron chi connectivity index (χ2n) is 5.46. The third-order valence-corrected chi connectivity index (χ3v) is 3.97. The number of aromatic carboxylic acids is 1. The quantitative estimate of drug-likeness (QED) is 0.777. The molecule has 0 amide bonds. The van der Waals surface area contributed by atoms with Crippen LogP contribution >= 0.6 is 0 Å². The molecule has 0 aliphatic carbocycles. The first-order valence-corrected chi connectivity index (χ1v) is 7.46. The number of benzene rings is 2. The van der Waals surface area contributed by atoms with Gasteiger partial charge in [-0.05, 0) is 43.3 Å². The Balaban J connectivity index is 2.20. The lowest BCUT2D eigenvalue weighted by Gasteiger charge is -2.09. The number of para-hydroxylation sites is 1. The van der Waals surface area contributed by atoms with E-state index in [1.165, 1.54) is 12.1 Å². The summed E-state index contributed by atoms with van der Waals surface area (Å²) < 4.78 is 3.87. The lowest BCUT2D eigenvalue weighted by molar-refractivity contribution is 0.0697. The van der Waals surface area contributed by atoms with Crippen LogP contribution in [-0.2, 0) is 7.05 Å². The van der Waals surface area contributed by atoms with Gasteiger partial charge in [0.1, 0.15) is 0 Å². The number of nitrogens with zero attached hydrogens (tertiary/aromatic N) is 3. The lowest BCUT2D eigenvalue weighted by atomic mass is 10.2. The summed E-state index contributed by atoms with van der Waals surface area (Å²) in [5.74, 6) is -0.962. The highest BCUT2D eigenvalue weighted by Crippen LogP contribution is 2.16. The molecule has 0 fully saturated rings. The summed E-state index contributed by atoms with van der Waals surface area (Å²) in [6.07, 6.45) is 0. The standard InChI is InChI=1S/C18H18N4O2/c1-12-16(19)17(20-14-10-8-13(9-11-14)18(23)24)22(21(12)2)15-6-4-3-5-7-15/h3-11H,19H2,1-2H3,(H,23,24). The second kappa shape index (κ2) is 6.08. The van der Waals surface area contributed by atoms with Crippen LogP contribution in [0.5, 0.6) is 0 Å². The first-order valence-electron chi connectivity index (χ1n) is 7.46. The predicted molar refractivity (Wildman–Crippen MR) is 92.5 cm³/mol. The Labute approximate surface area is 139 Å². The Morgan fingerprint density at radius 1 is 1.08 bits per heavy atom. The van der Waals surface area contributed by atoms with Gasteiger partial charge < -0.3 is 10.8 Å². The van der Waals surface area contributed by atoms with Crippen LogP contribution in [0.4, 0.5) is 11.4 Å². The van der Waals surface area contributed by atoms with Gasteiger partial charge in [-0.3, -0.25) is 4.68 Å². The summed E-state index contributed by atoms with van der Waals surface area (Å²) in [6, 6.07) is 16.2. The Hall–Kier alpha value is -3.28. The maximum atomic E-state index is 11.0. The lowest BCUT2D eigenvalue weighted by Crippen LogP contribution is -2.22. The highest BCUT2D eigenvalue weighted by Gasteiger charge is 2.12. The molecule has 0 saturated heterocycles. The van der Waals surface area contributed by atoms with Crippen molar-refractivity contribution in [1.29, 1.82) is 0 Å². The average Bonchev–Trinajstić information content (AvgIpc) is 2.80. The maximum absolute atomic E-state index is 11.0. The molecule has 0 bridgehead atoms. The molecule has 1 heterocycles. The third-order valence-electron chi connectivity index (χ3n) is 3.97. The monoisotopic (exact) mass is 322 g/mol. The molecular formula is C18H18N4O2. The maximum Gasteiger partial charge on any atom is 0.335 e. The zero-order valence-electron chi connectivity index (χ0n) is 13.5. The topological polar surface area (TPSA) is 85.5 Å². The summed E-state index contributed by atoms with van der Waals surface area (Å²) >= 11 is 0. The molecule has 0 aliphatic heterocycles. The fourth-order valence-corrected chi connectivity index (χ4v) is 2.52. The van der Waals surface area contributed by atoms with E-state index in [2.05, 4.69) is 4.99 Å². The molecule has 122 valence electrons. The van der Waals surface area contributed by atoms with Crippen molar-refractivity contribution in [3.63, 3.8) is 0 Å². The Bertz CT molecular complexity index is 951. The van der Waals surface area contributed by atoms with E-state index in [1.807, 2.05) is 53.7 Å². The molecule has 0 aliphatic rings. The Kier molecular flexibility index (Phi) is 3.95. The molecule has 0 spiro atoms. The van der Waals surface area contributed by atoms with Gasteiger partial charge in [0.15, 0.2) is 5.49 Å². The third kappa shape index (κ3) is 2.69. The number of hydrogen-bond donors (Lipinski definition) is 2. The van der Waals surface area contributed by atoms with Gasteiger partial charge in [0.2, 0.25) is 0 Å². The van der Waals surface area contributed by atoms with Crippen molar-refractivity contribution in [2.45, 2.75) is 6.92 Å². The molecule has 6 heteroatoms. The normalized spacial score (nSPS) is 11.7. The fraction of sp³-hybridized carbons (Fsp3) is 0.111. The molecule has 0 atom stereocenters. The van der Waals surface area contributed by atoms with Gasteiger partial charge in [-0.25, -0.2) is 14.5 Å². The smallest absolute Gasteiger partial charge is 0.335 e. The first-order chi connectivity index (χ1) is 11.5. The molecular weight excluding hydrogens is 304 g/mol. The first kappa shape index (κ1) is 15.6. The fourth-order valence-electron chi connectivity index (χ4n) is 2.52. The molecule has 6 nitrogen and oxygen atoms in total. The van der Waals surface area contributed by atoms with Crippen LogP contribution in [-0.4, -0.2) is 20.4 Å². The zero-order chi connectivity index (χ0) is 17.3. The van der Waals surface area contributed by atoms with Crippen molar-refractivity contribution in [3.8, 4) is 5.69 Å². The van der Waals surface area contributed by atoms with E-state index in [4.69, 9.17) is 10.8 Å². The molecule has 3 aromatic rings. The largest absolute Gasteiger partial charge is 0.478 e. The highest BCUT2D eigenvalue weighted by atomic mass is 16.4. The molecule has 24 heavy (non-hydrogen) atoms. The van der Waals surface area contributed by atoms with Crippen LogP contribution in [0.2, 0.25) is 0 Å². The zero-order valence-corrected chi connectivity index (χ0v) is 13.5. The summed E-state index contributed by atoms with van der Waals surface area (Å²) in [4.78, 5) is 15.6. The number of carbonyl (C=O) groups is 1. The summed E-state index contributed by atoms with van der Waals surface area (Å²) in [5, 5.41) is 8.98. The van der Waals surface area contributed by atoms with E-state index in [0.717, 1.165) is 11.4 Å². The van der Waals surface area contributed by atoms with Gasteiger partial charge in [0.25, 0.3) is 0 Å².